The van der Waals surface area contributed by atoms with E-state index in [0.717, 1.165) is 18.2 Å². The molecule has 2 unspecified atom stereocenters. The normalized spacial score (nSPS) is 27.9. The first-order valence-corrected chi connectivity index (χ1v) is 8.61. The molecule has 146 valence electrons. The molecule has 3 heterocycles. The van der Waals surface area contributed by atoms with E-state index in [0.29, 0.717) is 18.8 Å². The first kappa shape index (κ1) is 18.4. The summed E-state index contributed by atoms with van der Waals surface area (Å²) in [5.74, 6) is -0.499. The Bertz CT molecular complexity index is 865. The van der Waals surface area contributed by atoms with E-state index in [1.807, 2.05) is 6.92 Å². The van der Waals surface area contributed by atoms with Gasteiger partial charge in [0.05, 0.1) is 11.9 Å². The Balaban J connectivity index is 1.57. The molecule has 1 saturated heterocycles. The fourth-order valence-electron chi connectivity index (χ4n) is 3.72. The van der Waals surface area contributed by atoms with Crippen LogP contribution in [0.5, 0.6) is 0 Å². The second-order valence-electron chi connectivity index (χ2n) is 7.34. The summed E-state index contributed by atoms with van der Waals surface area (Å²) in [6.45, 7) is 3.38. The average Bonchev–Trinajstić information content (AvgIpc) is 3.28. The van der Waals surface area contributed by atoms with Crippen LogP contribution >= 0.6 is 0 Å². The maximum absolute atomic E-state index is 14.1. The van der Waals surface area contributed by atoms with Crippen LogP contribution in [0.3, 0.4) is 0 Å². The van der Waals surface area contributed by atoms with Gasteiger partial charge in [-0.2, -0.15) is 18.3 Å². The number of benzene rings is 1. The summed E-state index contributed by atoms with van der Waals surface area (Å²) < 4.78 is 59.9. The van der Waals surface area contributed by atoms with Crippen LogP contribution in [-0.4, -0.2) is 50.4 Å². The van der Waals surface area contributed by atoms with E-state index in [1.54, 1.807) is 34.0 Å². The predicted molar refractivity (Wildman–Crippen MR) is 87.7 cm³/mol. The van der Waals surface area contributed by atoms with E-state index in [4.69, 9.17) is 4.74 Å². The molecule has 0 radical (unpaired) electrons. The Hall–Kier alpha value is -1.97. The molecule has 2 aromatic rings. The number of halogens is 4. The van der Waals surface area contributed by atoms with Crippen molar-refractivity contribution in [3.05, 3.63) is 47.5 Å². The molecule has 0 aliphatic carbocycles. The highest BCUT2D eigenvalue weighted by molar-refractivity contribution is 5.38. The third-order valence-electron chi connectivity index (χ3n) is 5.27. The first-order valence-electron chi connectivity index (χ1n) is 8.61. The minimum atomic E-state index is -4.77. The number of nitrogens with zero attached hydrogens (tertiary/aromatic N) is 3. The largest absolute Gasteiger partial charge is 0.419 e. The zero-order valence-corrected chi connectivity index (χ0v) is 14.7. The number of fused-ring (bicyclic) bond motifs is 1. The quantitative estimate of drug-likeness (QED) is 0.652. The number of ether oxygens (including phenoxy) is 1. The molecule has 2 aliphatic rings. The molecule has 1 N–H and O–H groups in total. The van der Waals surface area contributed by atoms with Gasteiger partial charge in [0, 0.05) is 24.6 Å². The lowest BCUT2D eigenvalue weighted by Gasteiger charge is -2.32. The lowest BCUT2D eigenvalue weighted by atomic mass is 9.96. The Morgan fingerprint density at radius 2 is 1.96 bits per heavy atom. The molecule has 0 spiro atoms. The molecule has 9 heteroatoms. The van der Waals surface area contributed by atoms with Gasteiger partial charge in [-0.05, 0) is 19.1 Å². The van der Waals surface area contributed by atoms with Crippen LogP contribution in [0.2, 0.25) is 0 Å². The molecule has 4 atom stereocenters. The third kappa shape index (κ3) is 2.94. The van der Waals surface area contributed by atoms with Gasteiger partial charge in [-0.3, -0.25) is 4.90 Å². The average molecular weight is 385 g/mol. The molecule has 4 rings (SSSR count). The maximum atomic E-state index is 14.1. The Morgan fingerprint density at radius 3 is 2.63 bits per heavy atom. The lowest BCUT2D eigenvalue weighted by Crippen LogP contribution is -2.50. The number of hydrogen-bond acceptors (Lipinski definition) is 4. The van der Waals surface area contributed by atoms with E-state index in [9.17, 15) is 22.7 Å². The fraction of sp³-hybridized carbons (Fsp3) is 0.500. The summed E-state index contributed by atoms with van der Waals surface area (Å²) in [4.78, 5) is 1.76. The van der Waals surface area contributed by atoms with Crippen molar-refractivity contribution < 1.29 is 27.4 Å². The van der Waals surface area contributed by atoms with Crippen molar-refractivity contribution in [1.29, 1.82) is 0 Å². The molecule has 2 aliphatic heterocycles. The molecule has 5 nitrogen and oxygen atoms in total. The van der Waals surface area contributed by atoms with Crippen LogP contribution in [0.4, 0.5) is 17.6 Å². The second kappa shape index (κ2) is 6.02. The fourth-order valence-corrected chi connectivity index (χ4v) is 3.72. The Kier molecular flexibility index (Phi) is 4.10. The zero-order valence-electron chi connectivity index (χ0n) is 14.7. The summed E-state index contributed by atoms with van der Waals surface area (Å²) in [5.41, 5.74) is -0.938. The highest BCUT2D eigenvalue weighted by Crippen LogP contribution is 2.45. The number of rotatable bonds is 3. The van der Waals surface area contributed by atoms with Crippen molar-refractivity contribution >= 4 is 0 Å². The summed E-state index contributed by atoms with van der Waals surface area (Å²) in [5, 5.41) is 14.1. The Labute approximate surface area is 153 Å². The highest BCUT2D eigenvalue weighted by Gasteiger charge is 2.66. The van der Waals surface area contributed by atoms with Gasteiger partial charge < -0.3 is 9.84 Å². The summed E-state index contributed by atoms with van der Waals surface area (Å²) >= 11 is 0. The standard InChI is InChI=1S/C18H19F4N3O2/c1-10-8-24(16-15(27-16)17(2,26)18(20,21)22)9-11-7-23-25(14(10)11)13-6-4-3-5-12(13)19/h3-7,10,15-16,26H,8-9H2,1-2H3/t10-,15?,16?,17-/m1/s1. The van der Waals surface area contributed by atoms with Crippen LogP contribution in [0, 0.1) is 5.82 Å². The van der Waals surface area contributed by atoms with E-state index >= 15 is 0 Å². The number of epoxide rings is 1. The maximum Gasteiger partial charge on any atom is 0.419 e. The molecule has 1 aromatic heterocycles. The zero-order chi connectivity index (χ0) is 19.6. The van der Waals surface area contributed by atoms with Crippen molar-refractivity contribution in [2.75, 3.05) is 6.54 Å². The monoisotopic (exact) mass is 385 g/mol. The molecular weight excluding hydrogens is 366 g/mol. The predicted octanol–water partition coefficient (Wildman–Crippen LogP) is 2.97. The lowest BCUT2D eigenvalue weighted by molar-refractivity contribution is -0.259. The van der Waals surface area contributed by atoms with Crippen molar-refractivity contribution in [2.45, 2.75) is 50.4 Å². The molecule has 0 amide bonds. The Morgan fingerprint density at radius 1 is 1.26 bits per heavy atom. The number of hydrogen-bond donors (Lipinski definition) is 1. The van der Waals surface area contributed by atoms with Gasteiger partial charge in [0.1, 0.15) is 23.8 Å². The molecule has 0 saturated carbocycles. The van der Waals surface area contributed by atoms with Crippen molar-refractivity contribution in [3.8, 4) is 5.69 Å². The molecule has 0 bridgehead atoms. The van der Waals surface area contributed by atoms with Gasteiger partial charge in [-0.25, -0.2) is 9.07 Å². The molecule has 1 aromatic carbocycles. The van der Waals surface area contributed by atoms with Crippen LogP contribution in [-0.2, 0) is 11.3 Å². The second-order valence-corrected chi connectivity index (χ2v) is 7.34. The number of aliphatic hydroxyl groups is 1. The number of alkyl halides is 3. The van der Waals surface area contributed by atoms with E-state index in [2.05, 4.69) is 5.10 Å². The van der Waals surface area contributed by atoms with Crippen molar-refractivity contribution in [2.24, 2.45) is 0 Å². The van der Waals surface area contributed by atoms with Gasteiger partial charge >= 0.3 is 6.18 Å². The van der Waals surface area contributed by atoms with E-state index in [-0.39, 0.29) is 5.92 Å². The third-order valence-corrected chi connectivity index (χ3v) is 5.27. The van der Waals surface area contributed by atoms with Crippen molar-refractivity contribution in [1.82, 2.24) is 14.7 Å². The number of para-hydroxylation sites is 1. The molecular formula is C18H19F4N3O2. The molecule has 27 heavy (non-hydrogen) atoms. The van der Waals surface area contributed by atoms with Gasteiger partial charge in [0.15, 0.2) is 5.60 Å². The van der Waals surface area contributed by atoms with Crippen molar-refractivity contribution in [3.63, 3.8) is 0 Å². The van der Waals surface area contributed by atoms with Gasteiger partial charge in [0.2, 0.25) is 0 Å². The van der Waals surface area contributed by atoms with Gasteiger partial charge in [0.25, 0.3) is 0 Å². The van der Waals surface area contributed by atoms with Gasteiger partial charge in [-0.1, -0.05) is 19.1 Å². The van der Waals surface area contributed by atoms with Crippen LogP contribution in [0.15, 0.2) is 30.5 Å². The summed E-state index contributed by atoms with van der Waals surface area (Å²) in [6.07, 6.45) is -5.31. The minimum absolute atomic E-state index is 0.100. The van der Waals surface area contributed by atoms with E-state index in [1.165, 1.54) is 6.07 Å². The minimum Gasteiger partial charge on any atom is -0.378 e. The first-order chi connectivity index (χ1) is 12.6. The van der Waals surface area contributed by atoms with Crippen LogP contribution in [0.25, 0.3) is 5.69 Å². The summed E-state index contributed by atoms with van der Waals surface area (Å²) in [7, 11) is 0. The summed E-state index contributed by atoms with van der Waals surface area (Å²) in [6, 6.07) is 6.29. The SMILES string of the molecule is C[C@@H]1CN(C2OC2[C@@](C)(O)C(F)(F)F)Cc2cnn(-c3ccccc3F)c21. The smallest absolute Gasteiger partial charge is 0.378 e. The number of aromatic nitrogens is 2. The van der Waals surface area contributed by atoms with E-state index < -0.39 is 29.9 Å². The van der Waals surface area contributed by atoms with Crippen LogP contribution in [0.1, 0.15) is 31.0 Å². The van der Waals surface area contributed by atoms with Gasteiger partial charge in [-0.15, -0.1) is 0 Å². The highest BCUT2D eigenvalue weighted by atomic mass is 19.4. The molecule has 1 fully saturated rings. The topological polar surface area (TPSA) is 53.8 Å². The van der Waals surface area contributed by atoms with Crippen LogP contribution < -0.4 is 0 Å².